The third kappa shape index (κ3) is 3.03. The van der Waals surface area contributed by atoms with Gasteiger partial charge >= 0.3 is 0 Å². The molecule has 0 aliphatic carbocycles. The Morgan fingerprint density at radius 3 is 2.17 bits per heavy atom. The highest BCUT2D eigenvalue weighted by Gasteiger charge is 2.06. The van der Waals surface area contributed by atoms with E-state index in [0.717, 1.165) is 11.1 Å². The van der Waals surface area contributed by atoms with Crippen LogP contribution in [0.3, 0.4) is 0 Å². The largest absolute Gasteiger partial charge is 0.545 e. The van der Waals surface area contributed by atoms with Crippen molar-refractivity contribution in [3.63, 3.8) is 0 Å². The van der Waals surface area contributed by atoms with Crippen LogP contribution in [-0.4, -0.2) is 16.9 Å². The highest BCUT2D eigenvalue weighted by atomic mass is 16.4. The molecule has 24 heavy (non-hydrogen) atoms. The lowest BCUT2D eigenvalue weighted by Gasteiger charge is -2.13. The van der Waals surface area contributed by atoms with E-state index in [1.165, 1.54) is 24.3 Å². The number of fused-ring (bicyclic) bond motifs is 1. The van der Waals surface area contributed by atoms with Crippen molar-refractivity contribution in [2.24, 2.45) is 0 Å². The highest BCUT2D eigenvalue weighted by molar-refractivity contribution is 5.98. The molecule has 0 amide bonds. The molecule has 6 nitrogen and oxygen atoms in total. The second-order valence-electron chi connectivity index (χ2n) is 5.32. The quantitative estimate of drug-likeness (QED) is 0.769. The molecule has 1 N–H and O–H groups in total. The van der Waals surface area contributed by atoms with Crippen molar-refractivity contribution in [1.29, 1.82) is 0 Å². The van der Waals surface area contributed by atoms with Gasteiger partial charge in [0.05, 0.1) is 17.5 Å². The van der Waals surface area contributed by atoms with Crippen LogP contribution in [0.5, 0.6) is 0 Å². The van der Waals surface area contributed by atoms with Crippen molar-refractivity contribution in [2.75, 3.05) is 5.32 Å². The second-order valence-corrected chi connectivity index (χ2v) is 5.32. The molecule has 2 aromatic carbocycles. The Morgan fingerprint density at radius 1 is 0.917 bits per heavy atom. The minimum atomic E-state index is -1.26. The fourth-order valence-electron chi connectivity index (χ4n) is 2.44. The van der Waals surface area contributed by atoms with Gasteiger partial charge in [0.1, 0.15) is 0 Å². The van der Waals surface area contributed by atoms with Crippen LogP contribution in [0, 0.1) is 6.92 Å². The van der Waals surface area contributed by atoms with Crippen LogP contribution in [0.4, 0.5) is 11.4 Å². The number of aromatic carboxylic acids is 2. The van der Waals surface area contributed by atoms with Crippen LogP contribution in [0.25, 0.3) is 10.9 Å². The van der Waals surface area contributed by atoms with E-state index in [2.05, 4.69) is 10.3 Å². The molecular weight excluding hydrogens is 308 g/mol. The first kappa shape index (κ1) is 15.5. The van der Waals surface area contributed by atoms with Crippen molar-refractivity contribution in [3.8, 4) is 0 Å². The predicted octanol–water partition coefficient (Wildman–Crippen LogP) is 1.01. The van der Waals surface area contributed by atoms with Crippen LogP contribution in [0.15, 0.2) is 48.5 Å². The molecule has 0 spiro atoms. The standard InChI is InChI=1S/C18H14N2O4/c1-10-8-15(20-13-5-2-11(3-6-13)17(21)22)14-7-4-12(18(23)24)9-16(14)19-10/h2-9H,1H3,(H,19,20)(H,21,22)(H,23,24)/p-2. The van der Waals surface area contributed by atoms with E-state index in [1.807, 2.05) is 6.07 Å². The summed E-state index contributed by atoms with van der Waals surface area (Å²) >= 11 is 0. The van der Waals surface area contributed by atoms with Crippen LogP contribution in [0.2, 0.25) is 0 Å². The molecule has 0 unspecified atom stereocenters. The molecule has 1 heterocycles. The summed E-state index contributed by atoms with van der Waals surface area (Å²) in [6.07, 6.45) is 0. The Hall–Kier alpha value is -3.41. The van der Waals surface area contributed by atoms with Gasteiger partial charge in [-0.05, 0) is 42.3 Å². The third-order valence-electron chi connectivity index (χ3n) is 3.57. The third-order valence-corrected chi connectivity index (χ3v) is 3.57. The van der Waals surface area contributed by atoms with Gasteiger partial charge in [0.25, 0.3) is 0 Å². The van der Waals surface area contributed by atoms with Crippen molar-refractivity contribution in [1.82, 2.24) is 4.98 Å². The molecule has 120 valence electrons. The number of carboxylic acids is 2. The number of aryl methyl sites for hydroxylation is 1. The molecule has 0 atom stereocenters. The maximum Gasteiger partial charge on any atom is 0.0732 e. The van der Waals surface area contributed by atoms with Gasteiger partial charge in [0.15, 0.2) is 0 Å². The summed E-state index contributed by atoms with van der Waals surface area (Å²) in [4.78, 5) is 26.1. The molecule has 6 heteroatoms. The zero-order valence-electron chi connectivity index (χ0n) is 12.7. The van der Waals surface area contributed by atoms with Gasteiger partial charge in [-0.1, -0.05) is 24.3 Å². The molecule has 0 saturated heterocycles. The normalized spacial score (nSPS) is 10.5. The maximum absolute atomic E-state index is 11.0. The summed E-state index contributed by atoms with van der Waals surface area (Å²) in [5, 5.41) is 25.7. The molecule has 0 fully saturated rings. The van der Waals surface area contributed by atoms with E-state index in [9.17, 15) is 19.8 Å². The van der Waals surface area contributed by atoms with E-state index in [1.54, 1.807) is 25.1 Å². The summed E-state index contributed by atoms with van der Waals surface area (Å²) < 4.78 is 0. The summed E-state index contributed by atoms with van der Waals surface area (Å²) in [6, 6.07) is 12.5. The number of aromatic nitrogens is 1. The number of carbonyl (C=O) groups is 2. The highest BCUT2D eigenvalue weighted by Crippen LogP contribution is 2.27. The Kier molecular flexibility index (Phi) is 3.87. The van der Waals surface area contributed by atoms with Gasteiger partial charge in [-0.15, -0.1) is 0 Å². The molecule has 0 aliphatic rings. The molecule has 0 aliphatic heterocycles. The van der Waals surface area contributed by atoms with Crippen molar-refractivity contribution in [3.05, 3.63) is 65.4 Å². The first-order valence-corrected chi connectivity index (χ1v) is 7.15. The summed E-state index contributed by atoms with van der Waals surface area (Å²) in [5.41, 5.74) is 2.83. The molecule has 0 bridgehead atoms. The first-order valence-electron chi connectivity index (χ1n) is 7.15. The number of anilines is 2. The molecular formula is C18H12N2O4-2. The number of nitrogens with zero attached hydrogens (tertiary/aromatic N) is 1. The van der Waals surface area contributed by atoms with E-state index in [0.29, 0.717) is 16.9 Å². The van der Waals surface area contributed by atoms with Crippen molar-refractivity contribution < 1.29 is 19.8 Å². The Labute approximate surface area is 137 Å². The summed E-state index contributed by atoms with van der Waals surface area (Å²) in [5.74, 6) is -2.49. The Bertz CT molecular complexity index is 949. The van der Waals surface area contributed by atoms with Gasteiger partial charge < -0.3 is 25.1 Å². The van der Waals surface area contributed by atoms with Gasteiger partial charge in [0.2, 0.25) is 0 Å². The van der Waals surface area contributed by atoms with Crippen LogP contribution >= 0.6 is 0 Å². The van der Waals surface area contributed by atoms with E-state index in [-0.39, 0.29) is 11.1 Å². The van der Waals surface area contributed by atoms with Crippen molar-refractivity contribution in [2.45, 2.75) is 6.92 Å². The zero-order valence-corrected chi connectivity index (χ0v) is 12.7. The lowest BCUT2D eigenvalue weighted by atomic mass is 10.1. The zero-order chi connectivity index (χ0) is 17.3. The average molecular weight is 320 g/mol. The summed E-state index contributed by atoms with van der Waals surface area (Å²) in [6.45, 7) is 1.80. The maximum atomic E-state index is 11.0. The van der Waals surface area contributed by atoms with Crippen LogP contribution in [-0.2, 0) is 0 Å². The monoisotopic (exact) mass is 320 g/mol. The van der Waals surface area contributed by atoms with E-state index >= 15 is 0 Å². The van der Waals surface area contributed by atoms with E-state index in [4.69, 9.17) is 0 Å². The number of pyridine rings is 1. The predicted molar refractivity (Wildman–Crippen MR) is 84.9 cm³/mol. The molecule has 3 rings (SSSR count). The minimum absolute atomic E-state index is 0.0601. The SMILES string of the molecule is Cc1cc(Nc2ccc(C(=O)[O-])cc2)c2ccc(C(=O)[O-])cc2n1. The van der Waals surface area contributed by atoms with Gasteiger partial charge in [-0.2, -0.15) is 0 Å². The van der Waals surface area contributed by atoms with E-state index < -0.39 is 11.9 Å². The lowest BCUT2D eigenvalue weighted by molar-refractivity contribution is -0.256. The van der Waals surface area contributed by atoms with Crippen LogP contribution in [0.1, 0.15) is 26.4 Å². The molecule has 0 radical (unpaired) electrons. The van der Waals surface area contributed by atoms with Crippen molar-refractivity contribution >= 4 is 34.2 Å². The number of nitrogens with one attached hydrogen (secondary N) is 1. The number of rotatable bonds is 4. The van der Waals surface area contributed by atoms with Gasteiger partial charge in [-0.3, -0.25) is 4.98 Å². The fourth-order valence-corrected chi connectivity index (χ4v) is 2.44. The molecule has 3 aromatic rings. The molecule has 1 aromatic heterocycles. The Morgan fingerprint density at radius 2 is 1.54 bits per heavy atom. The summed E-state index contributed by atoms with van der Waals surface area (Å²) in [7, 11) is 0. The smallest absolute Gasteiger partial charge is 0.0732 e. The molecule has 0 saturated carbocycles. The number of benzene rings is 2. The minimum Gasteiger partial charge on any atom is -0.545 e. The number of hydrogen-bond donors (Lipinski definition) is 1. The van der Waals surface area contributed by atoms with Crippen LogP contribution < -0.4 is 15.5 Å². The number of carbonyl (C=O) groups excluding carboxylic acids is 2. The van der Waals surface area contributed by atoms with Gasteiger partial charge in [-0.25, -0.2) is 0 Å². The first-order chi connectivity index (χ1) is 11.4. The second kappa shape index (κ2) is 6.00. The Balaban J connectivity index is 2.02. The fraction of sp³-hybridized carbons (Fsp3) is 0.0556. The number of carboxylic acid groups (broad SMARTS) is 2. The topological polar surface area (TPSA) is 105 Å². The van der Waals surface area contributed by atoms with Gasteiger partial charge in [0, 0.05) is 22.5 Å². The average Bonchev–Trinajstić information content (AvgIpc) is 2.54. The number of hydrogen-bond acceptors (Lipinski definition) is 6. The lowest BCUT2D eigenvalue weighted by Crippen LogP contribution is -2.22.